The van der Waals surface area contributed by atoms with Gasteiger partial charge in [-0.2, -0.15) is 0 Å². The van der Waals surface area contributed by atoms with Crippen molar-refractivity contribution in [3.8, 4) is 0 Å². The molecule has 0 radical (unpaired) electrons. The van der Waals surface area contributed by atoms with Gasteiger partial charge in [0.1, 0.15) is 0 Å². The van der Waals surface area contributed by atoms with Gasteiger partial charge in [0, 0.05) is 28.8 Å². The van der Waals surface area contributed by atoms with Crippen LogP contribution in [-0.2, 0) is 0 Å². The minimum absolute atomic E-state index is 0.413. The Morgan fingerprint density at radius 3 is 2.41 bits per heavy atom. The van der Waals surface area contributed by atoms with Crippen LogP contribution in [0.15, 0.2) is 22.7 Å². The smallest absolute Gasteiger partial charge is 0.0782 e. The van der Waals surface area contributed by atoms with E-state index in [1.807, 2.05) is 19.1 Å². The molecule has 1 aromatic rings. The fraction of sp³-hybridized carbons (Fsp3) is 0.571. The van der Waals surface area contributed by atoms with Gasteiger partial charge >= 0.3 is 0 Å². The highest BCUT2D eigenvalue weighted by Gasteiger charge is 2.28. The van der Waals surface area contributed by atoms with Crippen molar-refractivity contribution in [3.05, 3.63) is 28.2 Å². The van der Waals surface area contributed by atoms with Gasteiger partial charge in [-0.05, 0) is 30.9 Å². The van der Waals surface area contributed by atoms with E-state index in [0.29, 0.717) is 0 Å². The predicted octanol–water partition coefficient (Wildman–Crippen LogP) is 3.59. The maximum Gasteiger partial charge on any atom is 0.0782 e. The van der Waals surface area contributed by atoms with Crippen LogP contribution in [0, 0.1) is 11.8 Å². The van der Waals surface area contributed by atoms with Crippen molar-refractivity contribution < 1.29 is 5.11 Å². The molecule has 0 aliphatic carbocycles. The highest BCUT2D eigenvalue weighted by Crippen LogP contribution is 2.34. The number of hydrogen-bond acceptors (Lipinski definition) is 2. The van der Waals surface area contributed by atoms with E-state index in [-0.39, 0.29) is 0 Å². The lowest BCUT2D eigenvalue weighted by atomic mass is 10.0. The minimum Gasteiger partial charge on any atom is -0.389 e. The number of hydrogen-bond donors (Lipinski definition) is 1. The second-order valence-corrected chi connectivity index (χ2v) is 6.15. The third-order valence-electron chi connectivity index (χ3n) is 3.77. The average molecular weight is 298 g/mol. The first-order valence-corrected chi connectivity index (χ1v) is 7.00. The van der Waals surface area contributed by atoms with Gasteiger partial charge in [0.2, 0.25) is 0 Å². The molecule has 3 atom stereocenters. The molecule has 0 bridgehead atoms. The van der Waals surface area contributed by atoms with Gasteiger partial charge in [-0.1, -0.05) is 35.8 Å². The van der Waals surface area contributed by atoms with Crippen LogP contribution in [0.1, 0.15) is 32.4 Å². The number of aliphatic hydroxyl groups is 1. The number of benzene rings is 1. The SMILES string of the molecule is CC(O)c1ccc(Br)cc1N1CC(C)C(C)C1. The first-order valence-electron chi connectivity index (χ1n) is 6.21. The van der Waals surface area contributed by atoms with Gasteiger partial charge in [0.25, 0.3) is 0 Å². The monoisotopic (exact) mass is 297 g/mol. The van der Waals surface area contributed by atoms with Gasteiger partial charge in [-0.3, -0.25) is 0 Å². The van der Waals surface area contributed by atoms with E-state index >= 15 is 0 Å². The largest absolute Gasteiger partial charge is 0.389 e. The maximum atomic E-state index is 9.85. The molecule has 1 fully saturated rings. The van der Waals surface area contributed by atoms with E-state index in [0.717, 1.165) is 35.0 Å². The molecule has 1 aliphatic heterocycles. The third kappa shape index (κ3) is 2.66. The summed E-state index contributed by atoms with van der Waals surface area (Å²) in [6, 6.07) is 6.12. The second-order valence-electron chi connectivity index (χ2n) is 5.24. The Labute approximate surface area is 112 Å². The highest BCUT2D eigenvalue weighted by atomic mass is 79.9. The topological polar surface area (TPSA) is 23.5 Å². The summed E-state index contributed by atoms with van der Waals surface area (Å²) in [5.41, 5.74) is 2.19. The molecule has 1 saturated heterocycles. The van der Waals surface area contributed by atoms with Crippen LogP contribution in [0.3, 0.4) is 0 Å². The minimum atomic E-state index is -0.413. The summed E-state index contributed by atoms with van der Waals surface area (Å²) < 4.78 is 1.07. The summed E-state index contributed by atoms with van der Waals surface area (Å²) in [6.45, 7) is 8.58. The van der Waals surface area contributed by atoms with Crippen LogP contribution >= 0.6 is 15.9 Å². The lowest BCUT2D eigenvalue weighted by molar-refractivity contribution is 0.199. The Hall–Kier alpha value is -0.540. The molecule has 1 N–H and O–H groups in total. The van der Waals surface area contributed by atoms with Crippen LogP contribution in [0.25, 0.3) is 0 Å². The van der Waals surface area contributed by atoms with Gasteiger partial charge in [-0.15, -0.1) is 0 Å². The molecule has 0 amide bonds. The van der Waals surface area contributed by atoms with Crippen molar-refractivity contribution in [2.45, 2.75) is 26.9 Å². The van der Waals surface area contributed by atoms with E-state index in [4.69, 9.17) is 0 Å². The number of halogens is 1. The molecule has 3 heteroatoms. The van der Waals surface area contributed by atoms with E-state index < -0.39 is 6.10 Å². The van der Waals surface area contributed by atoms with Gasteiger partial charge < -0.3 is 10.0 Å². The number of nitrogens with zero attached hydrogens (tertiary/aromatic N) is 1. The Kier molecular flexibility index (Phi) is 3.79. The molecule has 0 saturated carbocycles. The Morgan fingerprint density at radius 2 is 1.88 bits per heavy atom. The Morgan fingerprint density at radius 1 is 1.29 bits per heavy atom. The molecular weight excluding hydrogens is 278 g/mol. The fourth-order valence-electron chi connectivity index (χ4n) is 2.47. The summed E-state index contributed by atoms with van der Waals surface area (Å²) >= 11 is 3.51. The molecule has 2 nitrogen and oxygen atoms in total. The molecule has 0 aromatic heterocycles. The van der Waals surface area contributed by atoms with Crippen molar-refractivity contribution in [2.24, 2.45) is 11.8 Å². The summed E-state index contributed by atoms with van der Waals surface area (Å²) in [5.74, 6) is 1.44. The van der Waals surface area contributed by atoms with Crippen molar-refractivity contribution in [1.29, 1.82) is 0 Å². The first-order chi connectivity index (χ1) is 7.99. The lowest BCUT2D eigenvalue weighted by Crippen LogP contribution is -2.21. The van der Waals surface area contributed by atoms with Gasteiger partial charge in [0.05, 0.1) is 6.10 Å². The zero-order valence-corrected chi connectivity index (χ0v) is 12.2. The van der Waals surface area contributed by atoms with Crippen molar-refractivity contribution in [3.63, 3.8) is 0 Å². The number of aliphatic hydroxyl groups excluding tert-OH is 1. The van der Waals surface area contributed by atoms with Crippen molar-refractivity contribution in [2.75, 3.05) is 18.0 Å². The summed E-state index contributed by atoms with van der Waals surface area (Å²) in [7, 11) is 0. The van der Waals surface area contributed by atoms with Crippen molar-refractivity contribution >= 4 is 21.6 Å². The zero-order chi connectivity index (χ0) is 12.6. The second kappa shape index (κ2) is 4.99. The molecule has 2 rings (SSSR count). The molecule has 0 spiro atoms. The van der Waals surface area contributed by atoms with E-state index in [9.17, 15) is 5.11 Å². The van der Waals surface area contributed by atoms with E-state index in [2.05, 4.69) is 40.7 Å². The molecular formula is C14H20BrNO. The van der Waals surface area contributed by atoms with Crippen LogP contribution in [0.4, 0.5) is 5.69 Å². The van der Waals surface area contributed by atoms with E-state index in [1.165, 1.54) is 5.69 Å². The first kappa shape index (κ1) is 12.9. The lowest BCUT2D eigenvalue weighted by Gasteiger charge is -2.23. The highest BCUT2D eigenvalue weighted by molar-refractivity contribution is 9.10. The quantitative estimate of drug-likeness (QED) is 0.902. The molecule has 3 unspecified atom stereocenters. The van der Waals surface area contributed by atoms with Crippen molar-refractivity contribution in [1.82, 2.24) is 0 Å². The van der Waals surface area contributed by atoms with Crippen LogP contribution in [-0.4, -0.2) is 18.2 Å². The summed E-state index contributed by atoms with van der Waals surface area (Å²) in [4.78, 5) is 2.39. The van der Waals surface area contributed by atoms with Gasteiger partial charge in [-0.25, -0.2) is 0 Å². The Bertz CT molecular complexity index is 395. The average Bonchev–Trinajstić information content (AvgIpc) is 2.58. The molecule has 1 heterocycles. The molecule has 94 valence electrons. The number of rotatable bonds is 2. The van der Waals surface area contributed by atoms with E-state index in [1.54, 1.807) is 0 Å². The van der Waals surface area contributed by atoms with Crippen LogP contribution in [0.2, 0.25) is 0 Å². The Balaban J connectivity index is 2.34. The summed E-state index contributed by atoms with van der Waals surface area (Å²) in [5, 5.41) is 9.85. The number of anilines is 1. The normalized spacial score (nSPS) is 26.3. The van der Waals surface area contributed by atoms with Gasteiger partial charge in [0.15, 0.2) is 0 Å². The van der Waals surface area contributed by atoms with Crippen LogP contribution in [0.5, 0.6) is 0 Å². The fourth-order valence-corrected chi connectivity index (χ4v) is 2.82. The maximum absolute atomic E-state index is 9.85. The third-order valence-corrected chi connectivity index (χ3v) is 4.26. The van der Waals surface area contributed by atoms with Crippen LogP contribution < -0.4 is 4.90 Å². The zero-order valence-electron chi connectivity index (χ0n) is 10.7. The predicted molar refractivity (Wildman–Crippen MR) is 75.3 cm³/mol. The summed E-state index contributed by atoms with van der Waals surface area (Å²) in [6.07, 6.45) is -0.413. The molecule has 1 aliphatic rings. The standard InChI is InChI=1S/C14H20BrNO/c1-9-7-16(8-10(9)2)14-6-12(15)4-5-13(14)11(3)17/h4-6,9-11,17H,7-8H2,1-3H3. The molecule has 17 heavy (non-hydrogen) atoms. The molecule has 1 aromatic carbocycles.